The highest BCUT2D eigenvalue weighted by molar-refractivity contribution is 8.24. The van der Waals surface area contributed by atoms with Crippen LogP contribution in [-0.4, -0.2) is 95.2 Å². The van der Waals surface area contributed by atoms with E-state index in [1.807, 2.05) is 0 Å². The number of anilines is 1. The molecule has 214 valence electrons. The Hall–Kier alpha value is -2.19. The Labute approximate surface area is 239 Å². The summed E-state index contributed by atoms with van der Waals surface area (Å²) >= 11 is 7.12. The number of nitrogens with one attached hydrogen (secondary N) is 2. The van der Waals surface area contributed by atoms with Gasteiger partial charge in [0.25, 0.3) is 11.8 Å². The fraction of sp³-hybridized carbons (Fsp3) is 0.500. The van der Waals surface area contributed by atoms with Crippen LogP contribution in [0.2, 0.25) is 4.34 Å². The Kier molecular flexibility index (Phi) is 10.6. The van der Waals surface area contributed by atoms with Gasteiger partial charge in [-0.1, -0.05) is 11.6 Å². The van der Waals surface area contributed by atoms with Gasteiger partial charge in [0.1, 0.15) is 0 Å². The Morgan fingerprint density at radius 1 is 1.05 bits per heavy atom. The summed E-state index contributed by atoms with van der Waals surface area (Å²) in [5.41, 5.74) is 1.22. The number of nitrogens with zero attached hydrogens (tertiary/aromatic N) is 2. The minimum absolute atomic E-state index is 0.0938. The number of amides is 3. The van der Waals surface area contributed by atoms with Crippen molar-refractivity contribution in [3.8, 4) is 0 Å². The second-order valence-electron chi connectivity index (χ2n) is 9.66. The normalized spacial score (nSPS) is 19.4. The number of carbonyl (C=O) groups excluding carboxylic acids is 3. The molecule has 4 N–H and O–H groups in total. The van der Waals surface area contributed by atoms with E-state index >= 15 is 0 Å². The zero-order valence-electron chi connectivity index (χ0n) is 21.6. The highest BCUT2D eigenvalue weighted by atomic mass is 35.5. The minimum Gasteiger partial charge on any atom is -0.378 e. The van der Waals surface area contributed by atoms with Crippen LogP contribution in [0.3, 0.4) is 0 Å². The maximum Gasteiger partial charge on any atom is 0.261 e. The van der Waals surface area contributed by atoms with Crippen molar-refractivity contribution >= 4 is 56.9 Å². The van der Waals surface area contributed by atoms with E-state index in [1.54, 1.807) is 41.3 Å². The largest absolute Gasteiger partial charge is 0.378 e. The predicted molar refractivity (Wildman–Crippen MR) is 155 cm³/mol. The molecule has 0 bridgehead atoms. The summed E-state index contributed by atoms with van der Waals surface area (Å²) < 4.78 is 25.9. The van der Waals surface area contributed by atoms with E-state index in [2.05, 4.69) is 15.5 Å². The van der Waals surface area contributed by atoms with E-state index in [0.29, 0.717) is 65.5 Å². The maximum atomic E-state index is 13.0. The molecule has 0 aliphatic carbocycles. The Bertz CT molecular complexity index is 1140. The van der Waals surface area contributed by atoms with Gasteiger partial charge in [0.05, 0.1) is 40.0 Å². The fourth-order valence-electron chi connectivity index (χ4n) is 4.44. The van der Waals surface area contributed by atoms with Crippen molar-refractivity contribution in [3.63, 3.8) is 0 Å². The molecule has 1 atom stereocenters. The summed E-state index contributed by atoms with van der Waals surface area (Å²) in [5, 5.41) is 5.78. The number of piperidine rings is 1. The summed E-state index contributed by atoms with van der Waals surface area (Å²) in [6.45, 7) is 3.25. The van der Waals surface area contributed by atoms with Gasteiger partial charge < -0.3 is 20.3 Å². The molecule has 2 aliphatic rings. The van der Waals surface area contributed by atoms with Crippen molar-refractivity contribution in [2.45, 2.75) is 25.3 Å². The molecule has 3 heterocycles. The lowest BCUT2D eigenvalue weighted by Crippen LogP contribution is -2.47. The average Bonchev–Trinajstić information content (AvgIpc) is 3.37. The number of hydrogen-bond donors (Lipinski definition) is 4. The number of benzene rings is 1. The van der Waals surface area contributed by atoms with E-state index in [0.717, 1.165) is 18.5 Å². The van der Waals surface area contributed by atoms with Gasteiger partial charge in [-0.2, -0.15) is 10.6 Å². The number of thiophene rings is 1. The van der Waals surface area contributed by atoms with Crippen molar-refractivity contribution in [2.75, 3.05) is 62.3 Å². The highest BCUT2D eigenvalue weighted by Crippen LogP contribution is 2.40. The third-order valence-electron chi connectivity index (χ3n) is 6.75. The van der Waals surface area contributed by atoms with Crippen LogP contribution in [0.5, 0.6) is 0 Å². The molecule has 3 amide bonds. The molecule has 10 nitrogen and oxygen atoms in total. The molecule has 2 saturated heterocycles. The van der Waals surface area contributed by atoms with Crippen molar-refractivity contribution in [3.05, 3.63) is 51.2 Å². The molecule has 1 aromatic carbocycles. The van der Waals surface area contributed by atoms with Crippen LogP contribution in [0.1, 0.15) is 39.3 Å². The van der Waals surface area contributed by atoms with Gasteiger partial charge in [0, 0.05) is 50.4 Å². The van der Waals surface area contributed by atoms with E-state index in [4.69, 9.17) is 16.3 Å². The first kappa shape index (κ1) is 29.8. The second kappa shape index (κ2) is 13.9. The quantitative estimate of drug-likeness (QED) is 0.291. The van der Waals surface area contributed by atoms with Gasteiger partial charge in [-0.05, 0) is 49.2 Å². The second-order valence-corrected chi connectivity index (χ2v) is 13.8. The SMILES string of the molecule is O=C(NC(CNC(=O)c1ccc(Cl)s1)COCCN1CCS(O)(O)CC1)c1ccc(N2CCCCC2=O)cc1. The van der Waals surface area contributed by atoms with Gasteiger partial charge in [-0.3, -0.25) is 28.4 Å². The molecular formula is C26H35ClN4O6S2. The standard InChI is InChI=1S/C26H35ClN4O6S2/c27-23-9-8-22(38-23)26(34)28-17-20(18-37-14-11-30-12-15-39(35,36)16-13-30)29-25(33)19-4-6-21(7-5-19)31-10-2-1-3-24(31)32/h4-9,20,35-36H,1-3,10-18H2,(H,28,34)(H,29,33). The van der Waals surface area contributed by atoms with E-state index in [1.165, 1.54) is 11.3 Å². The van der Waals surface area contributed by atoms with Crippen LogP contribution in [0.4, 0.5) is 5.69 Å². The van der Waals surface area contributed by atoms with Crippen LogP contribution < -0.4 is 15.5 Å². The summed E-state index contributed by atoms with van der Waals surface area (Å²) in [6.07, 6.45) is 2.40. The first-order valence-electron chi connectivity index (χ1n) is 13.0. The first-order valence-corrected chi connectivity index (χ1v) is 16.1. The number of rotatable bonds is 11. The number of ether oxygens (including phenoxy) is 1. The zero-order chi connectivity index (χ0) is 27.8. The Balaban J connectivity index is 1.31. The molecule has 4 rings (SSSR count). The average molecular weight is 599 g/mol. The molecule has 2 aliphatic heterocycles. The molecule has 0 spiro atoms. The number of carbonyl (C=O) groups is 3. The molecule has 0 radical (unpaired) electrons. The molecule has 2 aromatic rings. The summed E-state index contributed by atoms with van der Waals surface area (Å²) in [7, 11) is -2.45. The van der Waals surface area contributed by atoms with Crippen molar-refractivity contribution in [1.29, 1.82) is 0 Å². The van der Waals surface area contributed by atoms with Crippen LogP contribution in [0.25, 0.3) is 0 Å². The van der Waals surface area contributed by atoms with Crippen molar-refractivity contribution in [1.82, 2.24) is 15.5 Å². The molecular weight excluding hydrogens is 564 g/mol. The lowest BCUT2D eigenvalue weighted by atomic mass is 10.1. The summed E-state index contributed by atoms with van der Waals surface area (Å²) in [6, 6.07) is 9.75. The number of halogens is 1. The minimum atomic E-state index is -2.45. The van der Waals surface area contributed by atoms with Gasteiger partial charge in [0.15, 0.2) is 0 Å². The monoisotopic (exact) mass is 598 g/mol. The Morgan fingerprint density at radius 2 is 1.79 bits per heavy atom. The van der Waals surface area contributed by atoms with E-state index in [-0.39, 0.29) is 30.9 Å². The predicted octanol–water partition coefficient (Wildman–Crippen LogP) is 3.53. The molecule has 0 saturated carbocycles. The third-order valence-corrected chi connectivity index (χ3v) is 9.65. The lowest BCUT2D eigenvalue weighted by Gasteiger charge is -2.40. The first-order chi connectivity index (χ1) is 18.7. The van der Waals surface area contributed by atoms with Crippen molar-refractivity contribution < 1.29 is 28.2 Å². The van der Waals surface area contributed by atoms with Crippen molar-refractivity contribution in [2.24, 2.45) is 0 Å². The smallest absolute Gasteiger partial charge is 0.261 e. The van der Waals surface area contributed by atoms with Gasteiger partial charge in [-0.25, -0.2) is 0 Å². The van der Waals surface area contributed by atoms with Crippen LogP contribution in [0, 0.1) is 0 Å². The molecule has 1 unspecified atom stereocenters. The summed E-state index contributed by atoms with van der Waals surface area (Å²) in [4.78, 5) is 42.1. The Morgan fingerprint density at radius 3 is 2.46 bits per heavy atom. The summed E-state index contributed by atoms with van der Waals surface area (Å²) in [5.74, 6) is 0.240. The fourth-order valence-corrected chi connectivity index (χ4v) is 6.70. The van der Waals surface area contributed by atoms with Crippen LogP contribution >= 0.6 is 33.5 Å². The zero-order valence-corrected chi connectivity index (χ0v) is 24.0. The topological polar surface area (TPSA) is 131 Å². The molecule has 1 aromatic heterocycles. The maximum absolute atomic E-state index is 13.0. The lowest BCUT2D eigenvalue weighted by molar-refractivity contribution is -0.119. The van der Waals surface area contributed by atoms with E-state index in [9.17, 15) is 23.5 Å². The van der Waals surface area contributed by atoms with Crippen LogP contribution in [-0.2, 0) is 9.53 Å². The van der Waals surface area contributed by atoms with Crippen LogP contribution in [0.15, 0.2) is 36.4 Å². The van der Waals surface area contributed by atoms with Gasteiger partial charge in [0.2, 0.25) is 5.91 Å². The third kappa shape index (κ3) is 8.90. The molecule has 13 heteroatoms. The van der Waals surface area contributed by atoms with E-state index < -0.39 is 16.6 Å². The molecule has 2 fully saturated rings. The van der Waals surface area contributed by atoms with Gasteiger partial charge >= 0.3 is 0 Å². The highest BCUT2D eigenvalue weighted by Gasteiger charge is 2.23. The number of hydrogen-bond acceptors (Lipinski definition) is 8. The van der Waals surface area contributed by atoms with Gasteiger partial charge in [-0.15, -0.1) is 11.3 Å². The molecule has 39 heavy (non-hydrogen) atoms.